The summed E-state index contributed by atoms with van der Waals surface area (Å²) in [6.07, 6.45) is -1.10. The zero-order chi connectivity index (χ0) is 26.7. The van der Waals surface area contributed by atoms with Crippen LogP contribution in [0, 0.1) is 5.92 Å². The van der Waals surface area contributed by atoms with Crippen molar-refractivity contribution >= 4 is 11.9 Å². The fourth-order valence-corrected chi connectivity index (χ4v) is 4.47. The Morgan fingerprint density at radius 3 is 2.42 bits per heavy atom. The molecule has 198 valence electrons. The third-order valence-corrected chi connectivity index (χ3v) is 6.29. The molecule has 0 aliphatic heterocycles. The maximum atomic E-state index is 13.8. The van der Waals surface area contributed by atoms with Crippen molar-refractivity contribution in [2.75, 3.05) is 6.61 Å². The van der Waals surface area contributed by atoms with E-state index in [1.165, 1.54) is 28.9 Å². The number of hydrogen-bond donors (Lipinski definition) is 2. The van der Waals surface area contributed by atoms with E-state index in [1.807, 2.05) is 0 Å². The second-order valence-electron chi connectivity index (χ2n) is 10.3. The lowest BCUT2D eigenvalue weighted by molar-refractivity contribution is -0.160. The largest absolute Gasteiger partial charge is 0.460 e. The average molecular weight is 510 g/mol. The number of carbonyl (C=O) groups is 2. The van der Waals surface area contributed by atoms with Crippen LogP contribution < -0.4 is 5.32 Å². The van der Waals surface area contributed by atoms with Gasteiger partial charge in [0, 0.05) is 18.2 Å². The standard InChI is InChI=1S/C26H34F3N3O4/c1-16(24(35)36-25(2,3)4)20(13-14-33)30-23(34)21-15-22(32(31-21)17-9-5-6-10-17)18-11-7-8-12-19(18)26(27,28)29/h7-8,11-12,15-17,20,33H,5-6,9-10,13-14H2,1-4H3,(H,30,34). The lowest BCUT2D eigenvalue weighted by atomic mass is 9.98. The first-order chi connectivity index (χ1) is 16.8. The molecule has 2 unspecified atom stereocenters. The quantitative estimate of drug-likeness (QED) is 0.481. The third kappa shape index (κ3) is 6.66. The summed E-state index contributed by atoms with van der Waals surface area (Å²) in [5.74, 6) is -1.92. The smallest absolute Gasteiger partial charge is 0.417 e. The van der Waals surface area contributed by atoms with Crippen LogP contribution >= 0.6 is 0 Å². The van der Waals surface area contributed by atoms with Crippen LogP contribution in [0.1, 0.15) is 81.9 Å². The Balaban J connectivity index is 1.95. The monoisotopic (exact) mass is 509 g/mol. The van der Waals surface area contributed by atoms with Gasteiger partial charge in [0.2, 0.25) is 0 Å². The van der Waals surface area contributed by atoms with E-state index in [-0.39, 0.29) is 36.0 Å². The molecule has 10 heteroatoms. The summed E-state index contributed by atoms with van der Waals surface area (Å²) in [6, 6.07) is 5.75. The summed E-state index contributed by atoms with van der Waals surface area (Å²) in [7, 11) is 0. The number of nitrogens with one attached hydrogen (secondary N) is 1. The molecule has 7 nitrogen and oxygen atoms in total. The van der Waals surface area contributed by atoms with Gasteiger partial charge in [0.05, 0.1) is 23.2 Å². The van der Waals surface area contributed by atoms with Crippen molar-refractivity contribution in [1.82, 2.24) is 15.1 Å². The van der Waals surface area contributed by atoms with Crippen LogP contribution in [0.3, 0.4) is 0 Å². The number of aliphatic hydroxyl groups is 1. The minimum Gasteiger partial charge on any atom is -0.460 e. The molecule has 3 rings (SSSR count). The summed E-state index contributed by atoms with van der Waals surface area (Å²) in [4.78, 5) is 25.8. The van der Waals surface area contributed by atoms with Crippen molar-refractivity contribution in [3.05, 3.63) is 41.6 Å². The van der Waals surface area contributed by atoms with Crippen LogP contribution in [-0.2, 0) is 15.7 Å². The predicted octanol–water partition coefficient (Wildman–Crippen LogP) is 5.14. The average Bonchev–Trinajstić information content (AvgIpc) is 3.46. The molecular formula is C26H34F3N3O4. The van der Waals surface area contributed by atoms with Crippen molar-refractivity contribution in [3.63, 3.8) is 0 Å². The number of nitrogens with zero attached hydrogens (tertiary/aromatic N) is 2. The van der Waals surface area contributed by atoms with Gasteiger partial charge in [-0.05, 0) is 59.1 Å². The molecular weight excluding hydrogens is 475 g/mol. The summed E-state index contributed by atoms with van der Waals surface area (Å²) in [5.41, 5.74) is -1.39. The fraction of sp³-hybridized carbons (Fsp3) is 0.577. The second kappa shape index (κ2) is 11.0. The molecule has 1 aromatic carbocycles. The number of amides is 1. The van der Waals surface area contributed by atoms with E-state index >= 15 is 0 Å². The van der Waals surface area contributed by atoms with E-state index in [9.17, 15) is 27.9 Å². The topological polar surface area (TPSA) is 93.5 Å². The zero-order valence-corrected chi connectivity index (χ0v) is 21.1. The molecule has 1 amide bonds. The fourth-order valence-electron chi connectivity index (χ4n) is 4.47. The molecule has 1 aliphatic rings. The first kappa shape index (κ1) is 27.7. The molecule has 0 saturated heterocycles. The Labute approximate surface area is 209 Å². The Morgan fingerprint density at radius 1 is 1.19 bits per heavy atom. The molecule has 1 fully saturated rings. The van der Waals surface area contributed by atoms with Gasteiger partial charge < -0.3 is 15.2 Å². The SMILES string of the molecule is CC(C(=O)OC(C)(C)C)C(CCO)NC(=O)c1cc(-c2ccccc2C(F)(F)F)n(C2CCCC2)n1. The number of alkyl halides is 3. The van der Waals surface area contributed by atoms with Crippen LogP contribution in [0.25, 0.3) is 11.3 Å². The molecule has 1 aliphatic carbocycles. The van der Waals surface area contributed by atoms with Crippen molar-refractivity contribution in [2.24, 2.45) is 5.92 Å². The minimum absolute atomic E-state index is 0.0440. The summed E-state index contributed by atoms with van der Waals surface area (Å²) >= 11 is 0. The second-order valence-corrected chi connectivity index (χ2v) is 10.3. The van der Waals surface area contributed by atoms with E-state index in [4.69, 9.17) is 4.74 Å². The van der Waals surface area contributed by atoms with Gasteiger partial charge in [-0.2, -0.15) is 18.3 Å². The van der Waals surface area contributed by atoms with Crippen LogP contribution in [0.15, 0.2) is 30.3 Å². The van der Waals surface area contributed by atoms with Crippen LogP contribution in [0.4, 0.5) is 13.2 Å². The number of aromatic nitrogens is 2. The van der Waals surface area contributed by atoms with Crippen molar-refractivity contribution < 1.29 is 32.6 Å². The highest BCUT2D eigenvalue weighted by molar-refractivity contribution is 5.94. The van der Waals surface area contributed by atoms with Crippen molar-refractivity contribution in [2.45, 2.75) is 83.7 Å². The molecule has 2 atom stereocenters. The highest BCUT2D eigenvalue weighted by atomic mass is 19.4. The van der Waals surface area contributed by atoms with Gasteiger partial charge >= 0.3 is 12.1 Å². The van der Waals surface area contributed by atoms with E-state index in [0.717, 1.165) is 31.7 Å². The normalized spacial score (nSPS) is 16.6. The molecule has 1 heterocycles. The molecule has 0 bridgehead atoms. The number of benzene rings is 1. The first-order valence-electron chi connectivity index (χ1n) is 12.2. The van der Waals surface area contributed by atoms with Gasteiger partial charge in [-0.3, -0.25) is 14.3 Å². The van der Waals surface area contributed by atoms with Gasteiger partial charge in [0.1, 0.15) is 5.60 Å². The van der Waals surface area contributed by atoms with Gasteiger partial charge in [-0.15, -0.1) is 0 Å². The number of rotatable bonds is 8. The molecule has 2 N–H and O–H groups in total. The van der Waals surface area contributed by atoms with E-state index in [2.05, 4.69) is 10.4 Å². The third-order valence-electron chi connectivity index (χ3n) is 6.29. The number of esters is 1. The predicted molar refractivity (Wildman–Crippen MR) is 128 cm³/mol. The number of halogens is 3. The van der Waals surface area contributed by atoms with Crippen molar-refractivity contribution in [1.29, 1.82) is 0 Å². The summed E-state index contributed by atoms with van der Waals surface area (Å²) in [6.45, 7) is 6.50. The van der Waals surface area contributed by atoms with Crippen LogP contribution in [0.5, 0.6) is 0 Å². The van der Waals surface area contributed by atoms with Crippen molar-refractivity contribution in [3.8, 4) is 11.3 Å². The lowest BCUT2D eigenvalue weighted by Gasteiger charge is -2.27. The maximum Gasteiger partial charge on any atom is 0.417 e. The minimum atomic E-state index is -4.57. The molecule has 2 aromatic rings. The highest BCUT2D eigenvalue weighted by Gasteiger charge is 2.36. The Kier molecular flexibility index (Phi) is 8.48. The molecule has 0 radical (unpaired) electrons. The Hall–Kier alpha value is -2.88. The van der Waals surface area contributed by atoms with E-state index in [0.29, 0.717) is 0 Å². The van der Waals surface area contributed by atoms with Gasteiger partial charge in [0.15, 0.2) is 5.69 Å². The Morgan fingerprint density at radius 2 is 1.83 bits per heavy atom. The first-order valence-corrected chi connectivity index (χ1v) is 12.2. The van der Waals surface area contributed by atoms with Gasteiger partial charge in [0.25, 0.3) is 5.91 Å². The lowest BCUT2D eigenvalue weighted by Crippen LogP contribution is -2.44. The molecule has 1 saturated carbocycles. The summed E-state index contributed by atoms with van der Waals surface area (Å²) < 4.78 is 48.3. The molecule has 1 aromatic heterocycles. The highest BCUT2D eigenvalue weighted by Crippen LogP contribution is 2.40. The van der Waals surface area contributed by atoms with E-state index < -0.39 is 41.2 Å². The number of ether oxygens (including phenoxy) is 1. The van der Waals surface area contributed by atoms with Crippen LogP contribution in [-0.4, -0.2) is 45.0 Å². The van der Waals surface area contributed by atoms with Gasteiger partial charge in [-0.25, -0.2) is 0 Å². The zero-order valence-electron chi connectivity index (χ0n) is 21.1. The number of aliphatic hydroxyl groups excluding tert-OH is 1. The Bertz CT molecular complexity index is 1070. The maximum absolute atomic E-state index is 13.8. The number of hydrogen-bond acceptors (Lipinski definition) is 5. The number of carbonyl (C=O) groups excluding carboxylic acids is 2. The summed E-state index contributed by atoms with van der Waals surface area (Å²) in [5, 5.41) is 16.7. The van der Waals surface area contributed by atoms with Crippen LogP contribution in [0.2, 0.25) is 0 Å². The molecule has 36 heavy (non-hydrogen) atoms. The van der Waals surface area contributed by atoms with E-state index in [1.54, 1.807) is 27.7 Å². The molecule has 0 spiro atoms. The van der Waals surface area contributed by atoms with Gasteiger partial charge in [-0.1, -0.05) is 31.0 Å².